The molecule has 0 saturated heterocycles. The lowest BCUT2D eigenvalue weighted by atomic mass is 9.95. The molecule has 0 fully saturated rings. The van der Waals surface area contributed by atoms with E-state index in [0.717, 1.165) is 31.5 Å². The van der Waals surface area contributed by atoms with Crippen molar-refractivity contribution in [3.8, 4) is 6.07 Å². The van der Waals surface area contributed by atoms with Crippen LogP contribution in [0.25, 0.3) is 28.6 Å². The first kappa shape index (κ1) is 20.5. The van der Waals surface area contributed by atoms with E-state index in [2.05, 4.69) is 0 Å². The van der Waals surface area contributed by atoms with E-state index in [1.807, 2.05) is 66.2 Å². The third-order valence-corrected chi connectivity index (χ3v) is 6.25. The van der Waals surface area contributed by atoms with Gasteiger partial charge in [-0.25, -0.2) is 4.98 Å². The van der Waals surface area contributed by atoms with E-state index in [4.69, 9.17) is 4.98 Å². The fourth-order valence-corrected chi connectivity index (χ4v) is 4.54. The van der Waals surface area contributed by atoms with Crippen LogP contribution >= 0.6 is 11.3 Å². The summed E-state index contributed by atoms with van der Waals surface area (Å²) in [6.45, 7) is 3.58. The first-order chi connectivity index (χ1) is 14.9. The lowest BCUT2D eigenvalue weighted by Gasteiger charge is -2.26. The van der Waals surface area contributed by atoms with Gasteiger partial charge in [0.1, 0.15) is 22.3 Å². The lowest BCUT2D eigenvalue weighted by molar-refractivity contribution is -0.140. The fraction of sp³-hybridized carbons (Fsp3) is 0.167. The van der Waals surface area contributed by atoms with Crippen molar-refractivity contribution >= 4 is 51.7 Å². The van der Waals surface area contributed by atoms with Crippen LogP contribution in [0.4, 0.5) is 0 Å². The number of nitrogens with zero attached hydrogens (tertiary/aromatic N) is 4. The Labute approximate surface area is 184 Å². The van der Waals surface area contributed by atoms with Gasteiger partial charge in [0.2, 0.25) is 0 Å². The lowest BCUT2D eigenvalue weighted by Crippen LogP contribution is -2.42. The number of carbonyl (C=O) groups excluding carboxylic acids is 2. The number of nitriles is 1. The number of thiophene rings is 1. The molecule has 7 heteroatoms. The molecule has 1 aliphatic heterocycles. The van der Waals surface area contributed by atoms with Gasteiger partial charge in [-0.2, -0.15) is 5.26 Å². The fourth-order valence-electron chi connectivity index (χ4n) is 3.53. The van der Waals surface area contributed by atoms with Crippen LogP contribution in [-0.4, -0.2) is 32.8 Å². The highest BCUT2D eigenvalue weighted by atomic mass is 32.1. The predicted molar refractivity (Wildman–Crippen MR) is 123 cm³/mol. The molecule has 0 saturated carbocycles. The van der Waals surface area contributed by atoms with Crippen LogP contribution in [0.5, 0.6) is 0 Å². The van der Waals surface area contributed by atoms with Gasteiger partial charge in [0, 0.05) is 24.0 Å². The summed E-state index contributed by atoms with van der Waals surface area (Å²) in [7, 11) is 1.95. The average Bonchev–Trinajstić information content (AvgIpc) is 3.29. The van der Waals surface area contributed by atoms with Crippen molar-refractivity contribution in [1.82, 2.24) is 14.5 Å². The average molecular weight is 429 g/mol. The van der Waals surface area contributed by atoms with E-state index in [-0.39, 0.29) is 18.0 Å². The molecule has 0 radical (unpaired) electrons. The largest absolute Gasteiger partial charge is 0.327 e. The summed E-state index contributed by atoms with van der Waals surface area (Å²) in [4.78, 5) is 32.7. The first-order valence-corrected chi connectivity index (χ1v) is 10.6. The predicted octanol–water partition coefficient (Wildman–Crippen LogP) is 4.42. The van der Waals surface area contributed by atoms with Gasteiger partial charge in [0.15, 0.2) is 0 Å². The molecule has 2 amide bonds. The number of aryl methyl sites for hydroxylation is 1. The number of imide groups is 1. The van der Waals surface area contributed by atoms with Crippen molar-refractivity contribution in [2.24, 2.45) is 7.05 Å². The number of likely N-dealkylation sites (N-methyl/N-ethyl adjacent to an activating group) is 1. The number of hydrogen-bond acceptors (Lipinski definition) is 5. The van der Waals surface area contributed by atoms with E-state index in [1.165, 1.54) is 11.3 Å². The topological polar surface area (TPSA) is 79.0 Å². The highest BCUT2D eigenvalue weighted by Gasteiger charge is 2.34. The number of rotatable bonds is 4. The number of benzene rings is 1. The number of aromatic nitrogens is 2. The van der Waals surface area contributed by atoms with Crippen LogP contribution in [-0.2, 0) is 16.6 Å². The molecule has 4 rings (SSSR count). The van der Waals surface area contributed by atoms with Gasteiger partial charge in [-0.15, -0.1) is 11.3 Å². The SMILES string of the molecule is CCN1C(=O)C(C#N)=C(C)/C(=C/c2cc3c(nc(/C=C/c4ccccc4)n3C)s2)C1=O. The van der Waals surface area contributed by atoms with Crippen LogP contribution in [0.2, 0.25) is 0 Å². The second-order valence-electron chi connectivity index (χ2n) is 7.14. The standard InChI is InChI=1S/C24H20N4O2S/c1-4-28-23(29)18(15(2)19(14-25)24(28)30)12-17-13-20-22(31-17)26-21(27(20)3)11-10-16-8-6-5-7-9-16/h5-13H,4H2,1-3H3/b11-10+,18-12-. The summed E-state index contributed by atoms with van der Waals surface area (Å²) < 4.78 is 2.00. The molecular formula is C24H20N4O2S. The summed E-state index contributed by atoms with van der Waals surface area (Å²) in [6, 6.07) is 13.9. The molecule has 154 valence electrons. The van der Waals surface area contributed by atoms with Crippen molar-refractivity contribution < 1.29 is 9.59 Å². The normalized spacial score (nSPS) is 16.2. The maximum atomic E-state index is 12.8. The Morgan fingerprint density at radius 3 is 2.55 bits per heavy atom. The van der Waals surface area contributed by atoms with Gasteiger partial charge < -0.3 is 4.57 Å². The summed E-state index contributed by atoms with van der Waals surface area (Å²) in [5, 5.41) is 9.39. The van der Waals surface area contributed by atoms with Gasteiger partial charge in [-0.1, -0.05) is 36.4 Å². The highest BCUT2D eigenvalue weighted by Crippen LogP contribution is 2.32. The zero-order valence-corrected chi connectivity index (χ0v) is 18.2. The first-order valence-electron chi connectivity index (χ1n) is 9.83. The van der Waals surface area contributed by atoms with Crippen LogP contribution in [0, 0.1) is 11.3 Å². The summed E-state index contributed by atoms with van der Waals surface area (Å²) >= 11 is 1.47. The molecule has 3 aromatic rings. The third-order valence-electron chi connectivity index (χ3n) is 5.29. The molecule has 1 aliphatic rings. The Morgan fingerprint density at radius 2 is 1.90 bits per heavy atom. The third kappa shape index (κ3) is 3.62. The minimum Gasteiger partial charge on any atom is -0.327 e. The van der Waals surface area contributed by atoms with Crippen molar-refractivity contribution in [3.63, 3.8) is 0 Å². The van der Waals surface area contributed by atoms with E-state index in [0.29, 0.717) is 11.1 Å². The molecule has 0 unspecified atom stereocenters. The van der Waals surface area contributed by atoms with Crippen molar-refractivity contribution in [3.05, 3.63) is 69.4 Å². The second kappa shape index (κ2) is 8.17. The summed E-state index contributed by atoms with van der Waals surface area (Å²) in [5.74, 6) is -0.0675. The number of amides is 2. The second-order valence-corrected chi connectivity index (χ2v) is 8.20. The minimum absolute atomic E-state index is 0.0141. The van der Waals surface area contributed by atoms with Crippen molar-refractivity contribution in [1.29, 1.82) is 5.26 Å². The quantitative estimate of drug-likeness (QED) is 0.455. The number of fused-ring (bicyclic) bond motifs is 1. The Hall–Kier alpha value is -3.76. The monoisotopic (exact) mass is 428 g/mol. The maximum Gasteiger partial charge on any atom is 0.271 e. The Bertz CT molecular complexity index is 1330. The molecule has 0 N–H and O–H groups in total. The van der Waals surface area contributed by atoms with E-state index < -0.39 is 5.91 Å². The Kier molecular flexibility index (Phi) is 5.40. The van der Waals surface area contributed by atoms with Crippen LogP contribution in [0.15, 0.2) is 53.1 Å². The van der Waals surface area contributed by atoms with Crippen LogP contribution in [0.1, 0.15) is 30.1 Å². The molecule has 3 heterocycles. The van der Waals surface area contributed by atoms with Crippen molar-refractivity contribution in [2.75, 3.05) is 6.54 Å². The van der Waals surface area contributed by atoms with Gasteiger partial charge in [-0.05, 0) is 43.2 Å². The smallest absolute Gasteiger partial charge is 0.271 e. The number of imidazole rings is 1. The van der Waals surface area contributed by atoms with Gasteiger partial charge in [-0.3, -0.25) is 14.5 Å². The maximum absolute atomic E-state index is 12.8. The van der Waals surface area contributed by atoms with Gasteiger partial charge in [0.25, 0.3) is 11.8 Å². The molecule has 2 aromatic heterocycles. The molecular weight excluding hydrogens is 408 g/mol. The molecule has 0 spiro atoms. The molecule has 1 aromatic carbocycles. The number of hydrogen-bond donors (Lipinski definition) is 0. The Morgan fingerprint density at radius 1 is 1.16 bits per heavy atom. The molecule has 31 heavy (non-hydrogen) atoms. The molecule has 0 aliphatic carbocycles. The van der Waals surface area contributed by atoms with Crippen molar-refractivity contribution in [2.45, 2.75) is 13.8 Å². The summed E-state index contributed by atoms with van der Waals surface area (Å²) in [5.41, 5.74) is 2.85. The van der Waals surface area contributed by atoms with E-state index >= 15 is 0 Å². The highest BCUT2D eigenvalue weighted by molar-refractivity contribution is 7.19. The van der Waals surface area contributed by atoms with Crippen LogP contribution < -0.4 is 0 Å². The summed E-state index contributed by atoms with van der Waals surface area (Å²) in [6.07, 6.45) is 5.74. The minimum atomic E-state index is -0.530. The number of carbonyl (C=O) groups is 2. The van der Waals surface area contributed by atoms with Gasteiger partial charge >= 0.3 is 0 Å². The van der Waals surface area contributed by atoms with Crippen LogP contribution in [0.3, 0.4) is 0 Å². The molecule has 6 nitrogen and oxygen atoms in total. The van der Waals surface area contributed by atoms with Gasteiger partial charge in [0.05, 0.1) is 5.52 Å². The van der Waals surface area contributed by atoms with E-state index in [9.17, 15) is 14.9 Å². The van der Waals surface area contributed by atoms with E-state index in [1.54, 1.807) is 19.9 Å². The molecule has 0 atom stereocenters. The Balaban J connectivity index is 1.71. The zero-order valence-electron chi connectivity index (χ0n) is 17.4. The molecule has 0 bridgehead atoms. The zero-order chi connectivity index (χ0) is 22.1.